The van der Waals surface area contributed by atoms with Gasteiger partial charge < -0.3 is 10.6 Å². The Morgan fingerprint density at radius 1 is 1.17 bits per heavy atom. The van der Waals surface area contributed by atoms with Gasteiger partial charge in [0.2, 0.25) is 5.91 Å². The number of thiophene rings is 1. The third kappa shape index (κ3) is 4.91. The molecule has 1 aromatic carbocycles. The number of aliphatic imine (C=N–C) groups is 1. The summed E-state index contributed by atoms with van der Waals surface area (Å²) in [4.78, 5) is 21.8. The second-order valence-electron chi connectivity index (χ2n) is 9.05. The summed E-state index contributed by atoms with van der Waals surface area (Å²) in [7, 11) is 0. The summed E-state index contributed by atoms with van der Waals surface area (Å²) in [6.45, 7) is 11.7. The molecule has 8 nitrogen and oxygen atoms in total. The number of amides is 1. The van der Waals surface area contributed by atoms with E-state index in [2.05, 4.69) is 44.1 Å². The van der Waals surface area contributed by atoms with Crippen LogP contribution in [0.3, 0.4) is 0 Å². The number of hydrogen-bond donors (Lipinski definition) is 2. The lowest BCUT2D eigenvalue weighted by molar-refractivity contribution is -0.121. The Balaban J connectivity index is 1.46. The summed E-state index contributed by atoms with van der Waals surface area (Å²) in [5, 5.41) is 17.0. The second kappa shape index (κ2) is 10.2. The fourth-order valence-corrected chi connectivity index (χ4v) is 6.01. The predicted octanol–water partition coefficient (Wildman–Crippen LogP) is 3.21. The number of carbonyl (C=O) groups excluding carboxylic acids is 1. The first kappa shape index (κ1) is 24.1. The number of fused-ring (bicyclic) bond motifs is 3. The quantitative estimate of drug-likeness (QED) is 0.530. The van der Waals surface area contributed by atoms with Gasteiger partial charge in [0.05, 0.1) is 12.1 Å². The summed E-state index contributed by atoms with van der Waals surface area (Å²) in [5.74, 6) is 1.46. The zero-order chi connectivity index (χ0) is 24.5. The second-order valence-corrected chi connectivity index (χ2v) is 10.7. The average Bonchev–Trinajstić information content (AvgIpc) is 3.32. The number of hydrogen-bond acceptors (Lipinski definition) is 7. The first-order valence-corrected chi connectivity index (χ1v) is 13.2. The minimum Gasteiger partial charge on any atom is -0.355 e. The van der Waals surface area contributed by atoms with Crippen molar-refractivity contribution in [2.45, 2.75) is 33.2 Å². The zero-order valence-corrected chi connectivity index (χ0v) is 21.8. The normalized spacial score (nSPS) is 17.9. The molecular formula is C25H30ClN7OS. The summed E-state index contributed by atoms with van der Waals surface area (Å²) in [6, 6.07) is 7.28. The monoisotopic (exact) mass is 511 g/mol. The van der Waals surface area contributed by atoms with Crippen LogP contribution in [0.15, 0.2) is 29.3 Å². The van der Waals surface area contributed by atoms with E-state index in [1.165, 1.54) is 10.4 Å². The Labute approximate surface area is 214 Å². The van der Waals surface area contributed by atoms with Crippen molar-refractivity contribution in [3.05, 3.63) is 62.5 Å². The van der Waals surface area contributed by atoms with E-state index >= 15 is 0 Å². The van der Waals surface area contributed by atoms with Crippen LogP contribution in [0, 0.1) is 20.8 Å². The highest BCUT2D eigenvalue weighted by Crippen LogP contribution is 2.39. The van der Waals surface area contributed by atoms with E-state index in [0.717, 1.165) is 60.4 Å². The van der Waals surface area contributed by atoms with Gasteiger partial charge in [-0.1, -0.05) is 23.7 Å². The van der Waals surface area contributed by atoms with Gasteiger partial charge in [-0.2, -0.15) is 0 Å². The zero-order valence-electron chi connectivity index (χ0n) is 20.3. The largest absolute Gasteiger partial charge is 0.355 e. The number of aromatic nitrogens is 3. The van der Waals surface area contributed by atoms with Crippen LogP contribution in [0.25, 0.3) is 5.00 Å². The van der Waals surface area contributed by atoms with Crippen LogP contribution >= 0.6 is 22.9 Å². The molecule has 1 saturated heterocycles. The van der Waals surface area contributed by atoms with Crippen molar-refractivity contribution >= 4 is 34.6 Å². The van der Waals surface area contributed by atoms with E-state index in [-0.39, 0.29) is 12.3 Å². The molecule has 0 saturated carbocycles. The Morgan fingerprint density at radius 2 is 1.91 bits per heavy atom. The minimum absolute atomic E-state index is 0.0327. The van der Waals surface area contributed by atoms with Gasteiger partial charge in [-0.25, -0.2) is 0 Å². The number of carbonyl (C=O) groups is 1. The van der Waals surface area contributed by atoms with E-state index in [1.807, 2.05) is 31.2 Å². The van der Waals surface area contributed by atoms with Crippen molar-refractivity contribution in [2.75, 3.05) is 39.3 Å². The molecule has 3 aromatic rings. The van der Waals surface area contributed by atoms with E-state index in [9.17, 15) is 4.79 Å². The average molecular weight is 512 g/mol. The van der Waals surface area contributed by atoms with Crippen molar-refractivity contribution in [3.63, 3.8) is 0 Å². The molecule has 10 heteroatoms. The van der Waals surface area contributed by atoms with Crippen LogP contribution in [-0.2, 0) is 4.79 Å². The smallest absolute Gasteiger partial charge is 0.222 e. The highest BCUT2D eigenvalue weighted by atomic mass is 35.5. The highest BCUT2D eigenvalue weighted by Gasteiger charge is 2.32. The van der Waals surface area contributed by atoms with E-state index in [1.54, 1.807) is 11.3 Å². The fraction of sp³-hybridized carbons (Fsp3) is 0.440. The molecule has 1 fully saturated rings. The van der Waals surface area contributed by atoms with Crippen LogP contribution in [0.1, 0.15) is 45.7 Å². The molecule has 0 spiro atoms. The number of nitrogens with one attached hydrogen (secondary N) is 2. The number of benzene rings is 1. The first-order chi connectivity index (χ1) is 16.9. The summed E-state index contributed by atoms with van der Waals surface area (Å²) in [6.07, 6.45) is 0.212. The summed E-state index contributed by atoms with van der Waals surface area (Å²) in [5.41, 5.74) is 4.08. The lowest BCUT2D eigenvalue weighted by atomic mass is 9.99. The van der Waals surface area contributed by atoms with Gasteiger partial charge in [0.1, 0.15) is 16.9 Å². The van der Waals surface area contributed by atoms with Gasteiger partial charge in [0.15, 0.2) is 5.82 Å². The maximum Gasteiger partial charge on any atom is 0.222 e. The van der Waals surface area contributed by atoms with Gasteiger partial charge in [0.25, 0.3) is 0 Å². The number of rotatable bonds is 6. The maximum atomic E-state index is 13.0. The summed E-state index contributed by atoms with van der Waals surface area (Å²) >= 11 is 7.89. The lowest BCUT2D eigenvalue weighted by Crippen LogP contribution is -2.46. The van der Waals surface area contributed by atoms with E-state index in [4.69, 9.17) is 16.6 Å². The molecule has 1 atom stereocenters. The minimum atomic E-state index is -0.444. The van der Waals surface area contributed by atoms with Crippen LogP contribution in [0.4, 0.5) is 0 Å². The molecule has 184 valence electrons. The van der Waals surface area contributed by atoms with Crippen LogP contribution in [0.5, 0.6) is 0 Å². The van der Waals surface area contributed by atoms with Crippen LogP contribution in [0.2, 0.25) is 5.02 Å². The molecule has 35 heavy (non-hydrogen) atoms. The number of nitrogens with zero attached hydrogens (tertiary/aromatic N) is 5. The van der Waals surface area contributed by atoms with Gasteiger partial charge in [-0.05, 0) is 38.5 Å². The molecule has 2 aliphatic rings. The van der Waals surface area contributed by atoms with Gasteiger partial charge in [-0.15, -0.1) is 21.5 Å². The molecule has 4 heterocycles. The standard InChI is InChI=1S/C25H30ClN7OS/c1-15-16(2)35-25-22(15)23(18-4-6-19(26)7-5-18)29-20(24-31-30-17(3)33(24)25)14-21(34)28-10-13-32-11-8-27-9-12-32/h4-7,20,27H,8-14H2,1-3H3,(H,28,34)/t20-/m0/s1. The third-order valence-corrected chi connectivity index (χ3v) is 8.14. The molecule has 0 unspecified atom stereocenters. The molecule has 0 radical (unpaired) electrons. The molecular weight excluding hydrogens is 482 g/mol. The Kier molecular flexibility index (Phi) is 7.02. The molecule has 2 aliphatic heterocycles. The Hall–Kier alpha value is -2.59. The predicted molar refractivity (Wildman–Crippen MR) is 140 cm³/mol. The Bertz CT molecular complexity index is 1260. The van der Waals surface area contributed by atoms with Gasteiger partial charge >= 0.3 is 0 Å². The van der Waals surface area contributed by atoms with Gasteiger partial charge in [-0.3, -0.25) is 19.3 Å². The first-order valence-electron chi connectivity index (χ1n) is 12.0. The number of aryl methyl sites for hydroxylation is 2. The fourth-order valence-electron chi connectivity index (χ4n) is 4.67. The molecule has 1 amide bonds. The molecule has 2 N–H and O–H groups in total. The van der Waals surface area contributed by atoms with Crippen molar-refractivity contribution < 1.29 is 4.79 Å². The van der Waals surface area contributed by atoms with Crippen LogP contribution < -0.4 is 10.6 Å². The lowest BCUT2D eigenvalue weighted by Gasteiger charge is -2.27. The third-order valence-electron chi connectivity index (χ3n) is 6.70. The maximum absolute atomic E-state index is 13.0. The van der Waals surface area contributed by atoms with E-state index in [0.29, 0.717) is 17.4 Å². The van der Waals surface area contributed by atoms with Crippen molar-refractivity contribution in [2.24, 2.45) is 4.99 Å². The Morgan fingerprint density at radius 3 is 2.66 bits per heavy atom. The highest BCUT2D eigenvalue weighted by molar-refractivity contribution is 7.15. The van der Waals surface area contributed by atoms with Crippen LogP contribution in [-0.4, -0.2) is 70.6 Å². The van der Waals surface area contributed by atoms with E-state index < -0.39 is 6.04 Å². The SMILES string of the molecule is Cc1sc2c(c1C)C(c1ccc(Cl)cc1)=N[C@@H](CC(=O)NCCN1CCNCC1)c1nnc(C)n1-2. The van der Waals surface area contributed by atoms with Crippen molar-refractivity contribution in [1.82, 2.24) is 30.3 Å². The van der Waals surface area contributed by atoms with Crippen molar-refractivity contribution in [1.29, 1.82) is 0 Å². The molecule has 0 aliphatic carbocycles. The van der Waals surface area contributed by atoms with Crippen molar-refractivity contribution in [3.8, 4) is 5.00 Å². The summed E-state index contributed by atoms with van der Waals surface area (Å²) < 4.78 is 2.07. The van der Waals surface area contributed by atoms with Gasteiger partial charge in [0, 0.05) is 60.3 Å². The topological polar surface area (TPSA) is 87.4 Å². The molecule has 2 aromatic heterocycles. The number of halogens is 1. The molecule has 5 rings (SSSR count). The molecule has 0 bridgehead atoms. The number of piperazine rings is 1.